The maximum absolute atomic E-state index is 11.9. The molecule has 0 aliphatic heterocycles. The molecule has 7 heteroatoms. The molecule has 0 radical (unpaired) electrons. The molecule has 0 saturated carbocycles. The Bertz CT molecular complexity index is 1030. The molecule has 0 saturated heterocycles. The number of carbonyl (C=O) groups is 1. The van der Waals surface area contributed by atoms with E-state index in [-0.39, 0.29) is 5.66 Å². The van der Waals surface area contributed by atoms with Crippen LogP contribution in [0, 0.1) is 10.2 Å². The average Bonchev–Trinajstić information content (AvgIpc) is 2.85. The predicted molar refractivity (Wildman–Crippen MR) is 125 cm³/mol. The molecule has 0 amide bonds. The van der Waals surface area contributed by atoms with Crippen molar-refractivity contribution in [1.82, 2.24) is 0 Å². The van der Waals surface area contributed by atoms with Crippen molar-refractivity contribution in [3.8, 4) is 0 Å². The normalized spacial score (nSPS) is 12.2. The minimum atomic E-state index is -4.94. The number of benzene rings is 4. The number of hydrogen-bond acceptors (Lipinski definition) is 5. The molecule has 0 fully saturated rings. The van der Waals surface area contributed by atoms with Gasteiger partial charge in [-0.05, 0) is 42.0 Å². The van der Waals surface area contributed by atoms with Crippen LogP contribution in [0.25, 0.3) is 0 Å². The molecule has 34 heavy (non-hydrogen) atoms. The van der Waals surface area contributed by atoms with Gasteiger partial charge in [-0.25, -0.2) is 18.6 Å². The van der Waals surface area contributed by atoms with E-state index in [4.69, 9.17) is 18.6 Å². The van der Waals surface area contributed by atoms with Crippen molar-refractivity contribution in [2.24, 2.45) is 0 Å². The number of halogens is 1. The van der Waals surface area contributed by atoms with Gasteiger partial charge in [-0.15, -0.1) is 10.2 Å². The number of hydrogen-bond donors (Lipinski definition) is 0. The highest BCUT2D eigenvalue weighted by molar-refractivity contribution is 7.96. The fraction of sp³-hybridized carbons (Fsp3) is 0.0741. The summed E-state index contributed by atoms with van der Waals surface area (Å²) in [6.45, 7) is 0. The van der Waals surface area contributed by atoms with Crippen LogP contribution in [0.1, 0.15) is 17.6 Å². The number of rotatable bonds is 7. The molecular weight excluding hydrogens is 471 g/mol. The van der Waals surface area contributed by atoms with E-state index in [2.05, 4.69) is 115 Å². The van der Waals surface area contributed by atoms with Crippen LogP contribution in [-0.4, -0.2) is 6.29 Å². The van der Waals surface area contributed by atoms with Gasteiger partial charge in [-0.2, -0.15) is 0 Å². The molecule has 174 valence electrons. The zero-order valence-electron chi connectivity index (χ0n) is 18.3. The lowest BCUT2D eigenvalue weighted by Crippen LogP contribution is -2.68. The van der Waals surface area contributed by atoms with Crippen LogP contribution in [0.3, 0.4) is 0 Å². The van der Waals surface area contributed by atoms with Crippen LogP contribution in [0.2, 0.25) is 0 Å². The Balaban J connectivity index is 0.000000588. The zero-order valence-corrected chi connectivity index (χ0v) is 19.9. The number of aldehydes is 1. The van der Waals surface area contributed by atoms with Gasteiger partial charge in [0.05, 0.1) is 0 Å². The Labute approximate surface area is 202 Å². The van der Waals surface area contributed by atoms with Gasteiger partial charge in [0.25, 0.3) is 0 Å². The van der Waals surface area contributed by atoms with Crippen molar-refractivity contribution < 1.29 is 33.7 Å². The Morgan fingerprint density at radius 3 is 1.18 bits per heavy atom. The molecule has 1 unspecified atom stereocenters. The molecule has 0 N–H and O–H groups in total. The third-order valence-corrected chi connectivity index (χ3v) is 10.2. The van der Waals surface area contributed by atoms with Gasteiger partial charge in [-0.3, -0.25) is 0 Å². The van der Waals surface area contributed by atoms with E-state index in [9.17, 15) is 4.79 Å². The number of carbonyl (C=O) groups excluding carboxylic acids is 1. The van der Waals surface area contributed by atoms with Crippen LogP contribution in [0.5, 0.6) is 0 Å². The molecule has 0 aliphatic rings. The van der Waals surface area contributed by atoms with E-state index >= 15 is 0 Å². The first-order valence-corrected chi connectivity index (χ1v) is 13.6. The van der Waals surface area contributed by atoms with Crippen molar-refractivity contribution in [2.75, 3.05) is 0 Å². The summed E-state index contributed by atoms with van der Waals surface area (Å²) in [6.07, 6.45) is 1.57. The standard InChI is InChI=1S/C27H24OP.ClHO4/c28-22-21-27(23-13-5-1-6-14-23)29(24-15-7-2-8-16-24,25-17-9-3-10-18-25)26-19-11-4-12-20-26;2-1(3,4)5/h1-20,22,27H,21H2;(H,2,3,4,5)/q+1;/p-1. The molecule has 4 aromatic rings. The van der Waals surface area contributed by atoms with Gasteiger partial charge in [0.1, 0.15) is 35.1 Å². The van der Waals surface area contributed by atoms with Crippen molar-refractivity contribution in [1.29, 1.82) is 0 Å². The molecule has 0 heterocycles. The SMILES string of the molecule is O=CCC(c1ccccc1)[P+](c1ccccc1)(c1ccccc1)c1ccccc1.[O-][Cl+3]([O-])([O-])[O-]. The van der Waals surface area contributed by atoms with Crippen LogP contribution < -0.4 is 34.5 Å². The third kappa shape index (κ3) is 6.37. The molecule has 0 bridgehead atoms. The van der Waals surface area contributed by atoms with Crippen molar-refractivity contribution in [2.45, 2.75) is 12.1 Å². The van der Waals surface area contributed by atoms with Crippen LogP contribution in [0.15, 0.2) is 121 Å². The van der Waals surface area contributed by atoms with E-state index in [1.54, 1.807) is 0 Å². The highest BCUT2D eigenvalue weighted by atomic mass is 35.7. The molecule has 0 aliphatic carbocycles. The fourth-order valence-corrected chi connectivity index (χ4v) is 9.18. The van der Waals surface area contributed by atoms with E-state index in [0.717, 1.165) is 6.29 Å². The van der Waals surface area contributed by atoms with Gasteiger partial charge in [0.2, 0.25) is 0 Å². The summed E-state index contributed by atoms with van der Waals surface area (Å²) < 4.78 is 34.0. The Kier molecular flexibility index (Phi) is 9.08. The van der Waals surface area contributed by atoms with Crippen molar-refractivity contribution in [3.05, 3.63) is 127 Å². The van der Waals surface area contributed by atoms with Gasteiger partial charge in [-0.1, -0.05) is 84.9 Å². The lowest BCUT2D eigenvalue weighted by atomic mass is 10.1. The second-order valence-electron chi connectivity index (χ2n) is 7.44. The lowest BCUT2D eigenvalue weighted by Gasteiger charge is -2.34. The summed E-state index contributed by atoms with van der Waals surface area (Å²) in [6, 6.07) is 42.7. The first kappa shape index (κ1) is 25.7. The topological polar surface area (TPSA) is 109 Å². The van der Waals surface area contributed by atoms with E-state index in [1.165, 1.54) is 21.5 Å². The summed E-state index contributed by atoms with van der Waals surface area (Å²) in [5.74, 6) is 0. The highest BCUT2D eigenvalue weighted by Gasteiger charge is 2.52. The first-order valence-electron chi connectivity index (χ1n) is 10.5. The molecule has 0 spiro atoms. The minimum absolute atomic E-state index is 0.0772. The molecular formula is C27H24ClO5P. The first-order chi connectivity index (χ1) is 16.4. The molecule has 4 aromatic carbocycles. The second-order valence-corrected chi connectivity index (χ2v) is 11.8. The largest absolute Gasteiger partial charge is 0.303 e. The summed E-state index contributed by atoms with van der Waals surface area (Å²) >= 11 is 0. The minimum Gasteiger partial charge on any atom is -0.303 e. The third-order valence-electron chi connectivity index (χ3n) is 5.46. The molecule has 0 aromatic heterocycles. The summed E-state index contributed by atoms with van der Waals surface area (Å²) in [5.41, 5.74) is 1.29. The maximum atomic E-state index is 11.9. The Morgan fingerprint density at radius 2 is 0.882 bits per heavy atom. The molecule has 5 nitrogen and oxygen atoms in total. The summed E-state index contributed by atoms with van der Waals surface area (Å²) in [4.78, 5) is 11.9. The van der Waals surface area contributed by atoms with Gasteiger partial charge in [0, 0.05) is 6.42 Å². The van der Waals surface area contributed by atoms with E-state index < -0.39 is 17.5 Å². The van der Waals surface area contributed by atoms with Crippen LogP contribution >= 0.6 is 7.26 Å². The predicted octanol–water partition coefficient (Wildman–Crippen LogP) is 0.555. The Hall–Kier alpha value is -2.89. The van der Waals surface area contributed by atoms with Crippen molar-refractivity contribution in [3.63, 3.8) is 0 Å². The van der Waals surface area contributed by atoms with E-state index in [0.29, 0.717) is 6.42 Å². The lowest BCUT2D eigenvalue weighted by molar-refractivity contribution is -2.00. The average molecular weight is 495 g/mol. The molecule has 4 rings (SSSR count). The smallest absolute Gasteiger partial charge is 0.124 e. The summed E-state index contributed by atoms with van der Waals surface area (Å²) in [5, 5.41) is 3.90. The highest BCUT2D eigenvalue weighted by Crippen LogP contribution is 2.67. The quantitative estimate of drug-likeness (QED) is 0.275. The van der Waals surface area contributed by atoms with Gasteiger partial charge in [0.15, 0.2) is 0 Å². The van der Waals surface area contributed by atoms with Crippen molar-refractivity contribution >= 4 is 29.5 Å². The second kappa shape index (κ2) is 12.0. The fourth-order valence-electron chi connectivity index (χ4n) is 4.26. The van der Waals surface area contributed by atoms with E-state index in [1.807, 2.05) is 6.07 Å². The maximum Gasteiger partial charge on any atom is 0.124 e. The van der Waals surface area contributed by atoms with Gasteiger partial charge < -0.3 is 4.79 Å². The zero-order chi connectivity index (χ0) is 24.4. The van der Waals surface area contributed by atoms with Crippen LogP contribution in [0.4, 0.5) is 0 Å². The summed E-state index contributed by atoms with van der Waals surface area (Å²) in [7, 11) is -7.08. The molecule has 1 atom stereocenters. The monoisotopic (exact) mass is 494 g/mol. The Morgan fingerprint density at radius 1 is 0.588 bits per heavy atom. The van der Waals surface area contributed by atoms with Gasteiger partial charge >= 0.3 is 0 Å². The van der Waals surface area contributed by atoms with Crippen LogP contribution in [-0.2, 0) is 4.79 Å².